The fourth-order valence-electron chi connectivity index (χ4n) is 2.46. The SMILES string of the molecule is CCN(Cc1cccc(Cl)c1)C(=O)c1cccc(CS(C)(=O)=O)c1. The minimum Gasteiger partial charge on any atom is -0.335 e. The first-order valence-electron chi connectivity index (χ1n) is 7.59. The molecule has 0 saturated carbocycles. The lowest BCUT2D eigenvalue weighted by Crippen LogP contribution is -2.30. The average molecular weight is 366 g/mol. The molecule has 0 aromatic heterocycles. The van der Waals surface area contributed by atoms with Crippen LogP contribution in [-0.4, -0.2) is 32.0 Å². The predicted molar refractivity (Wildman–Crippen MR) is 96.9 cm³/mol. The number of benzene rings is 2. The molecule has 2 aromatic rings. The van der Waals surface area contributed by atoms with Gasteiger partial charge in [-0.15, -0.1) is 0 Å². The largest absolute Gasteiger partial charge is 0.335 e. The zero-order valence-corrected chi connectivity index (χ0v) is 15.3. The van der Waals surface area contributed by atoms with E-state index in [9.17, 15) is 13.2 Å². The minimum absolute atomic E-state index is 0.0749. The summed E-state index contributed by atoms with van der Waals surface area (Å²) in [6.45, 7) is 2.90. The Morgan fingerprint density at radius 3 is 2.38 bits per heavy atom. The third kappa shape index (κ3) is 5.35. The number of amides is 1. The average Bonchev–Trinajstić information content (AvgIpc) is 2.50. The Hall–Kier alpha value is -1.85. The van der Waals surface area contributed by atoms with E-state index in [-0.39, 0.29) is 11.7 Å². The maximum Gasteiger partial charge on any atom is 0.254 e. The smallest absolute Gasteiger partial charge is 0.254 e. The highest BCUT2D eigenvalue weighted by Crippen LogP contribution is 2.16. The first-order chi connectivity index (χ1) is 11.3. The van der Waals surface area contributed by atoms with Crippen LogP contribution in [0.3, 0.4) is 0 Å². The van der Waals surface area contributed by atoms with Gasteiger partial charge in [-0.2, -0.15) is 0 Å². The van der Waals surface area contributed by atoms with Crippen LogP contribution in [0.4, 0.5) is 0 Å². The second-order valence-electron chi connectivity index (χ2n) is 5.72. The zero-order valence-electron chi connectivity index (χ0n) is 13.7. The molecule has 2 rings (SSSR count). The molecule has 1 amide bonds. The van der Waals surface area contributed by atoms with Crippen molar-refractivity contribution in [1.29, 1.82) is 0 Å². The van der Waals surface area contributed by atoms with Crippen LogP contribution in [0.15, 0.2) is 48.5 Å². The molecular weight excluding hydrogens is 346 g/mol. The number of hydrogen-bond donors (Lipinski definition) is 0. The van der Waals surface area contributed by atoms with Crippen molar-refractivity contribution in [3.8, 4) is 0 Å². The molecule has 0 bridgehead atoms. The lowest BCUT2D eigenvalue weighted by Gasteiger charge is -2.21. The Morgan fingerprint density at radius 2 is 1.75 bits per heavy atom. The van der Waals surface area contributed by atoms with Gasteiger partial charge in [-0.3, -0.25) is 4.79 Å². The molecule has 0 atom stereocenters. The summed E-state index contributed by atoms with van der Waals surface area (Å²) in [6, 6.07) is 14.2. The van der Waals surface area contributed by atoms with Gasteiger partial charge in [-0.05, 0) is 42.3 Å². The van der Waals surface area contributed by atoms with Crippen LogP contribution in [0.2, 0.25) is 5.02 Å². The number of rotatable bonds is 6. The maximum atomic E-state index is 12.7. The number of carbonyl (C=O) groups excluding carboxylic acids is 1. The molecule has 128 valence electrons. The van der Waals surface area contributed by atoms with Crippen LogP contribution < -0.4 is 0 Å². The lowest BCUT2D eigenvalue weighted by molar-refractivity contribution is 0.0752. The number of halogens is 1. The Morgan fingerprint density at radius 1 is 1.08 bits per heavy atom. The molecule has 0 heterocycles. The van der Waals surface area contributed by atoms with Crippen LogP contribution in [0.25, 0.3) is 0 Å². The number of nitrogens with zero attached hydrogens (tertiary/aromatic N) is 1. The summed E-state index contributed by atoms with van der Waals surface area (Å²) in [5, 5.41) is 0.631. The van der Waals surface area contributed by atoms with Gasteiger partial charge in [0.15, 0.2) is 9.84 Å². The summed E-state index contributed by atoms with van der Waals surface area (Å²) in [5.41, 5.74) is 2.05. The van der Waals surface area contributed by atoms with Crippen LogP contribution in [0.1, 0.15) is 28.4 Å². The van der Waals surface area contributed by atoms with Gasteiger partial charge < -0.3 is 4.90 Å². The second-order valence-corrected chi connectivity index (χ2v) is 8.30. The third-order valence-electron chi connectivity index (χ3n) is 3.53. The molecule has 0 N–H and O–H groups in total. The first-order valence-corrected chi connectivity index (χ1v) is 10.0. The van der Waals surface area contributed by atoms with E-state index in [1.807, 2.05) is 25.1 Å². The lowest BCUT2D eigenvalue weighted by atomic mass is 10.1. The first kappa shape index (κ1) is 18.5. The van der Waals surface area contributed by atoms with Crippen molar-refractivity contribution in [3.63, 3.8) is 0 Å². The molecule has 4 nitrogen and oxygen atoms in total. The van der Waals surface area contributed by atoms with Gasteiger partial charge in [-0.25, -0.2) is 8.42 Å². The van der Waals surface area contributed by atoms with E-state index in [0.717, 1.165) is 5.56 Å². The van der Waals surface area contributed by atoms with Crippen molar-refractivity contribution >= 4 is 27.3 Å². The molecule has 0 saturated heterocycles. The van der Waals surface area contributed by atoms with Crippen molar-refractivity contribution < 1.29 is 13.2 Å². The van der Waals surface area contributed by atoms with Gasteiger partial charge >= 0.3 is 0 Å². The predicted octanol–water partition coefficient (Wildman–Crippen LogP) is 3.55. The van der Waals surface area contributed by atoms with Gasteiger partial charge in [-0.1, -0.05) is 35.9 Å². The molecule has 24 heavy (non-hydrogen) atoms. The Kier molecular flexibility index (Phi) is 6.02. The fourth-order valence-corrected chi connectivity index (χ4v) is 3.46. The van der Waals surface area contributed by atoms with E-state index in [4.69, 9.17) is 11.6 Å². The summed E-state index contributed by atoms with van der Waals surface area (Å²) >= 11 is 5.99. The summed E-state index contributed by atoms with van der Waals surface area (Å²) in [4.78, 5) is 14.4. The highest BCUT2D eigenvalue weighted by atomic mass is 35.5. The van der Waals surface area contributed by atoms with E-state index >= 15 is 0 Å². The molecule has 2 aromatic carbocycles. The molecule has 0 unspecified atom stereocenters. The van der Waals surface area contributed by atoms with Crippen LogP contribution in [0.5, 0.6) is 0 Å². The highest BCUT2D eigenvalue weighted by Gasteiger charge is 2.16. The van der Waals surface area contributed by atoms with Crippen molar-refractivity contribution in [3.05, 3.63) is 70.2 Å². The molecule has 0 spiro atoms. The van der Waals surface area contributed by atoms with Gasteiger partial charge in [0.2, 0.25) is 0 Å². The zero-order chi connectivity index (χ0) is 17.7. The standard InChI is InChI=1S/C18H20ClNO3S/c1-3-20(12-14-6-5-9-17(19)11-14)18(21)16-8-4-7-15(10-16)13-24(2,22)23/h4-11H,3,12-13H2,1-2H3. The van der Waals surface area contributed by atoms with E-state index < -0.39 is 9.84 Å². The fraction of sp³-hybridized carbons (Fsp3) is 0.278. The Labute approximate surface area is 148 Å². The van der Waals surface area contributed by atoms with E-state index in [0.29, 0.717) is 29.2 Å². The summed E-state index contributed by atoms with van der Waals surface area (Å²) in [7, 11) is -3.14. The highest BCUT2D eigenvalue weighted by molar-refractivity contribution is 7.89. The van der Waals surface area contributed by atoms with Crippen molar-refractivity contribution in [1.82, 2.24) is 4.90 Å². The molecular formula is C18H20ClNO3S. The van der Waals surface area contributed by atoms with Gasteiger partial charge in [0.25, 0.3) is 5.91 Å². The number of hydrogen-bond acceptors (Lipinski definition) is 3. The quantitative estimate of drug-likeness (QED) is 0.786. The van der Waals surface area contributed by atoms with Gasteiger partial charge in [0.1, 0.15) is 0 Å². The van der Waals surface area contributed by atoms with Gasteiger partial charge in [0, 0.05) is 29.9 Å². The molecule has 0 fully saturated rings. The van der Waals surface area contributed by atoms with Crippen molar-refractivity contribution in [2.75, 3.05) is 12.8 Å². The normalized spacial score (nSPS) is 11.3. The van der Waals surface area contributed by atoms with Crippen LogP contribution in [-0.2, 0) is 22.1 Å². The summed E-state index contributed by atoms with van der Waals surface area (Å²) in [6.07, 6.45) is 1.18. The molecule has 0 radical (unpaired) electrons. The van der Waals surface area contributed by atoms with Gasteiger partial charge in [0.05, 0.1) is 5.75 Å². The van der Waals surface area contributed by atoms with E-state index in [2.05, 4.69) is 0 Å². The summed E-state index contributed by atoms with van der Waals surface area (Å²) < 4.78 is 22.9. The Bertz CT molecular complexity index is 834. The van der Waals surface area contributed by atoms with E-state index in [1.165, 1.54) is 6.26 Å². The van der Waals surface area contributed by atoms with Crippen LogP contribution >= 0.6 is 11.6 Å². The topological polar surface area (TPSA) is 54.5 Å². The number of carbonyl (C=O) groups is 1. The van der Waals surface area contributed by atoms with E-state index in [1.54, 1.807) is 35.2 Å². The maximum absolute atomic E-state index is 12.7. The molecule has 0 aliphatic heterocycles. The summed E-state index contributed by atoms with van der Waals surface area (Å²) in [5.74, 6) is -0.207. The number of sulfone groups is 1. The minimum atomic E-state index is -3.14. The molecule has 0 aliphatic rings. The third-order valence-corrected chi connectivity index (χ3v) is 4.63. The monoisotopic (exact) mass is 365 g/mol. The van der Waals surface area contributed by atoms with Crippen LogP contribution in [0, 0.1) is 0 Å². The second kappa shape index (κ2) is 7.81. The Balaban J connectivity index is 2.20. The van der Waals surface area contributed by atoms with Crippen molar-refractivity contribution in [2.24, 2.45) is 0 Å². The molecule has 6 heteroatoms. The van der Waals surface area contributed by atoms with Crippen molar-refractivity contribution in [2.45, 2.75) is 19.2 Å². The molecule has 0 aliphatic carbocycles.